The molecule has 1 aliphatic carbocycles. The van der Waals surface area contributed by atoms with Crippen LogP contribution in [0.2, 0.25) is 5.02 Å². The van der Waals surface area contributed by atoms with Crippen LogP contribution in [0.3, 0.4) is 0 Å². The largest absolute Gasteiger partial charge is 0.322 e. The van der Waals surface area contributed by atoms with Gasteiger partial charge in [0.25, 0.3) is 5.91 Å². The first-order chi connectivity index (χ1) is 14.8. The predicted molar refractivity (Wildman–Crippen MR) is 132 cm³/mol. The Morgan fingerprint density at radius 1 is 1.13 bits per heavy atom. The van der Waals surface area contributed by atoms with E-state index >= 15 is 0 Å². The highest BCUT2D eigenvalue weighted by molar-refractivity contribution is 7.16. The predicted octanol–water partition coefficient (Wildman–Crippen LogP) is 7.56. The minimum absolute atomic E-state index is 0.0823. The van der Waals surface area contributed by atoms with Crippen molar-refractivity contribution in [2.24, 2.45) is 16.3 Å². The summed E-state index contributed by atoms with van der Waals surface area (Å²) in [6.45, 7) is 6.91. The van der Waals surface area contributed by atoms with Crippen LogP contribution >= 0.6 is 22.9 Å². The van der Waals surface area contributed by atoms with E-state index in [9.17, 15) is 4.79 Å². The van der Waals surface area contributed by atoms with E-state index in [1.54, 1.807) is 11.3 Å². The van der Waals surface area contributed by atoms with E-state index in [1.807, 2.05) is 60.8 Å². The van der Waals surface area contributed by atoms with Gasteiger partial charge in [0.1, 0.15) is 5.00 Å². The number of fused-ring (bicyclic) bond motifs is 1. The summed E-state index contributed by atoms with van der Waals surface area (Å²) in [4.78, 5) is 19.4. The Hall–Kier alpha value is -2.43. The molecule has 1 heterocycles. The van der Waals surface area contributed by atoms with Crippen molar-refractivity contribution >= 4 is 45.7 Å². The summed E-state index contributed by atoms with van der Waals surface area (Å²) < 4.78 is 0. The van der Waals surface area contributed by atoms with Crippen LogP contribution < -0.4 is 5.32 Å². The zero-order chi connectivity index (χ0) is 22.0. The summed E-state index contributed by atoms with van der Waals surface area (Å²) >= 11 is 7.65. The molecule has 1 aliphatic rings. The Morgan fingerprint density at radius 3 is 2.52 bits per heavy atom. The number of anilines is 1. The highest BCUT2D eigenvalue weighted by atomic mass is 35.5. The Morgan fingerprint density at radius 2 is 1.84 bits per heavy atom. The van der Waals surface area contributed by atoms with E-state index in [1.165, 1.54) is 10.4 Å². The average Bonchev–Trinajstić information content (AvgIpc) is 3.11. The molecule has 0 fully saturated rings. The van der Waals surface area contributed by atoms with Gasteiger partial charge in [0.05, 0.1) is 5.56 Å². The van der Waals surface area contributed by atoms with Gasteiger partial charge in [0.15, 0.2) is 0 Å². The number of amides is 1. The Kier molecular flexibility index (Phi) is 6.31. The van der Waals surface area contributed by atoms with Crippen molar-refractivity contribution in [3.63, 3.8) is 0 Å². The first kappa shape index (κ1) is 21.8. The lowest BCUT2D eigenvalue weighted by Gasteiger charge is -2.33. The smallest absolute Gasteiger partial charge is 0.259 e. The van der Waals surface area contributed by atoms with Gasteiger partial charge in [-0.15, -0.1) is 11.3 Å². The number of carbonyl (C=O) groups excluding carboxylic acids is 1. The van der Waals surface area contributed by atoms with Crippen molar-refractivity contribution in [3.8, 4) is 0 Å². The Balaban J connectivity index is 1.69. The third kappa shape index (κ3) is 5.08. The van der Waals surface area contributed by atoms with Crippen LogP contribution in [0.4, 0.5) is 10.7 Å². The van der Waals surface area contributed by atoms with Gasteiger partial charge in [0, 0.05) is 21.8 Å². The van der Waals surface area contributed by atoms with E-state index in [0.717, 1.165) is 41.1 Å². The third-order valence-electron chi connectivity index (χ3n) is 5.93. The number of hydrogen-bond donors (Lipinski definition) is 1. The highest BCUT2D eigenvalue weighted by Gasteiger charge is 2.33. The Bertz CT molecular complexity index is 1090. The molecule has 0 unspecified atom stereocenters. The minimum Gasteiger partial charge on any atom is -0.322 e. The first-order valence-corrected chi connectivity index (χ1v) is 11.8. The maximum Gasteiger partial charge on any atom is 0.259 e. The van der Waals surface area contributed by atoms with Gasteiger partial charge in [-0.25, -0.2) is 4.99 Å². The molecule has 0 radical (unpaired) electrons. The quantitative estimate of drug-likeness (QED) is 0.409. The van der Waals surface area contributed by atoms with E-state index in [2.05, 4.69) is 26.1 Å². The molecule has 3 aromatic rings. The second kappa shape index (κ2) is 8.97. The minimum atomic E-state index is -0.0823. The maximum atomic E-state index is 13.3. The normalized spacial score (nSPS) is 16.3. The molecule has 0 spiro atoms. The zero-order valence-electron chi connectivity index (χ0n) is 18.1. The summed E-state index contributed by atoms with van der Waals surface area (Å²) in [7, 11) is 0. The van der Waals surface area contributed by atoms with Crippen molar-refractivity contribution in [3.05, 3.63) is 81.2 Å². The molecule has 5 heteroatoms. The molecule has 1 aromatic heterocycles. The SMILES string of the molecule is CC(C)(C)[C@@H]1CCc2c(sc(N=Cc3ccc(Cl)cc3)c2C(=O)Nc2ccccc2)C1. The first-order valence-electron chi connectivity index (χ1n) is 10.6. The number of aliphatic imine (C=N–C) groups is 1. The molecule has 0 bridgehead atoms. The molecule has 2 aromatic carbocycles. The molecule has 0 saturated carbocycles. The van der Waals surface area contributed by atoms with Crippen LogP contribution in [-0.2, 0) is 12.8 Å². The fraction of sp³-hybridized carbons (Fsp3) is 0.308. The molecule has 0 saturated heterocycles. The number of nitrogens with zero attached hydrogens (tertiary/aromatic N) is 1. The summed E-state index contributed by atoms with van der Waals surface area (Å²) in [5.74, 6) is 0.526. The van der Waals surface area contributed by atoms with Gasteiger partial charge in [-0.1, -0.05) is 62.7 Å². The van der Waals surface area contributed by atoms with Crippen molar-refractivity contribution < 1.29 is 4.79 Å². The third-order valence-corrected chi connectivity index (χ3v) is 7.35. The second-order valence-electron chi connectivity index (χ2n) is 9.12. The molecule has 3 nitrogen and oxygen atoms in total. The zero-order valence-corrected chi connectivity index (χ0v) is 19.7. The second-order valence-corrected chi connectivity index (χ2v) is 10.6. The monoisotopic (exact) mass is 450 g/mol. The number of nitrogens with one attached hydrogen (secondary N) is 1. The van der Waals surface area contributed by atoms with E-state index in [0.29, 0.717) is 10.9 Å². The van der Waals surface area contributed by atoms with Gasteiger partial charge >= 0.3 is 0 Å². The maximum absolute atomic E-state index is 13.3. The summed E-state index contributed by atoms with van der Waals surface area (Å²) in [6, 6.07) is 17.1. The molecule has 0 aliphatic heterocycles. The van der Waals surface area contributed by atoms with Crippen molar-refractivity contribution in [2.45, 2.75) is 40.0 Å². The number of para-hydroxylation sites is 1. The highest BCUT2D eigenvalue weighted by Crippen LogP contribution is 2.45. The van der Waals surface area contributed by atoms with Crippen molar-refractivity contribution in [1.82, 2.24) is 0 Å². The average molecular weight is 451 g/mol. The molecular formula is C26H27ClN2OS. The summed E-state index contributed by atoms with van der Waals surface area (Å²) in [5, 5.41) is 4.53. The van der Waals surface area contributed by atoms with Gasteiger partial charge in [0.2, 0.25) is 0 Å². The topological polar surface area (TPSA) is 41.5 Å². The van der Waals surface area contributed by atoms with Crippen molar-refractivity contribution in [2.75, 3.05) is 5.32 Å². The number of hydrogen-bond acceptors (Lipinski definition) is 3. The van der Waals surface area contributed by atoms with E-state index in [4.69, 9.17) is 16.6 Å². The lowest BCUT2D eigenvalue weighted by molar-refractivity contribution is 0.102. The molecule has 4 rings (SSSR count). The molecule has 1 amide bonds. The lowest BCUT2D eigenvalue weighted by atomic mass is 9.72. The fourth-order valence-corrected chi connectivity index (χ4v) is 5.43. The fourth-order valence-electron chi connectivity index (χ4n) is 4.03. The van der Waals surface area contributed by atoms with Crippen LogP contribution in [0.5, 0.6) is 0 Å². The number of halogens is 1. The van der Waals surface area contributed by atoms with Gasteiger partial charge < -0.3 is 5.32 Å². The molecule has 31 heavy (non-hydrogen) atoms. The van der Waals surface area contributed by atoms with Gasteiger partial charge in [-0.05, 0) is 66.0 Å². The number of carbonyl (C=O) groups is 1. The molecule has 1 atom stereocenters. The van der Waals surface area contributed by atoms with E-state index in [-0.39, 0.29) is 11.3 Å². The Labute approximate surface area is 193 Å². The van der Waals surface area contributed by atoms with Gasteiger partial charge in [-0.2, -0.15) is 0 Å². The van der Waals surface area contributed by atoms with Crippen molar-refractivity contribution in [1.29, 1.82) is 0 Å². The van der Waals surface area contributed by atoms with Crippen LogP contribution in [-0.4, -0.2) is 12.1 Å². The standard InChI is InChI=1S/C26H27ClN2OS/c1-26(2,3)18-11-14-21-22(15-18)31-25(28-16-17-9-12-19(27)13-10-17)23(21)24(30)29-20-7-5-4-6-8-20/h4-10,12-13,16,18H,11,14-15H2,1-3H3,(H,29,30)/t18-/m1/s1. The van der Waals surface area contributed by atoms with Crippen LogP contribution in [0, 0.1) is 11.3 Å². The number of rotatable bonds is 4. The number of benzene rings is 2. The molecular weight excluding hydrogens is 424 g/mol. The van der Waals surface area contributed by atoms with Crippen LogP contribution in [0.25, 0.3) is 0 Å². The van der Waals surface area contributed by atoms with Crippen LogP contribution in [0.15, 0.2) is 59.6 Å². The molecule has 1 N–H and O–H groups in total. The van der Waals surface area contributed by atoms with E-state index < -0.39 is 0 Å². The number of thiophene rings is 1. The lowest BCUT2D eigenvalue weighted by Crippen LogP contribution is -2.27. The summed E-state index contributed by atoms with van der Waals surface area (Å²) in [6.07, 6.45) is 4.83. The van der Waals surface area contributed by atoms with Crippen LogP contribution in [0.1, 0.15) is 53.6 Å². The summed E-state index contributed by atoms with van der Waals surface area (Å²) in [5.41, 5.74) is 3.89. The van der Waals surface area contributed by atoms with Gasteiger partial charge in [-0.3, -0.25) is 4.79 Å². The molecule has 160 valence electrons.